The third kappa shape index (κ3) is 5.01. The molecular formula is C23H25BrN2O3. The minimum Gasteiger partial charge on any atom is -0.506 e. The van der Waals surface area contributed by atoms with E-state index in [1.54, 1.807) is 6.07 Å². The number of aliphatic hydroxyl groups excluding tert-OH is 1. The Morgan fingerprint density at radius 2 is 1.66 bits per heavy atom. The number of piperazine rings is 1. The number of ether oxygens (including phenoxy) is 1. The van der Waals surface area contributed by atoms with Crippen molar-refractivity contribution >= 4 is 32.4 Å². The van der Waals surface area contributed by atoms with E-state index in [1.165, 1.54) is 0 Å². The summed E-state index contributed by atoms with van der Waals surface area (Å²) >= 11 is 3.48. The molecule has 1 aliphatic rings. The number of halogens is 1. The van der Waals surface area contributed by atoms with Crippen LogP contribution in [0.1, 0.15) is 0 Å². The molecule has 1 unspecified atom stereocenters. The molecule has 3 aromatic carbocycles. The molecule has 5 nitrogen and oxygen atoms in total. The van der Waals surface area contributed by atoms with Crippen molar-refractivity contribution in [2.75, 3.05) is 44.2 Å². The summed E-state index contributed by atoms with van der Waals surface area (Å²) in [5.74, 6) is 1.08. The lowest BCUT2D eigenvalue weighted by atomic mass is 10.1. The molecule has 152 valence electrons. The zero-order valence-corrected chi connectivity index (χ0v) is 17.8. The molecule has 1 fully saturated rings. The first kappa shape index (κ1) is 20.0. The van der Waals surface area contributed by atoms with E-state index in [0.717, 1.165) is 52.9 Å². The summed E-state index contributed by atoms with van der Waals surface area (Å²) in [7, 11) is 0. The second-order valence-corrected chi connectivity index (χ2v) is 8.31. The van der Waals surface area contributed by atoms with Crippen LogP contribution in [0.4, 0.5) is 5.69 Å². The Kier molecular flexibility index (Phi) is 6.23. The molecule has 0 aliphatic carbocycles. The minimum atomic E-state index is -0.549. The largest absolute Gasteiger partial charge is 0.506 e. The van der Waals surface area contributed by atoms with Crippen molar-refractivity contribution in [2.24, 2.45) is 0 Å². The van der Waals surface area contributed by atoms with E-state index >= 15 is 0 Å². The first-order valence-corrected chi connectivity index (χ1v) is 10.6. The zero-order chi connectivity index (χ0) is 20.2. The van der Waals surface area contributed by atoms with Crippen LogP contribution in [0.15, 0.2) is 65.1 Å². The van der Waals surface area contributed by atoms with E-state index in [4.69, 9.17) is 4.74 Å². The van der Waals surface area contributed by atoms with Gasteiger partial charge in [0, 0.05) is 37.2 Å². The second kappa shape index (κ2) is 9.03. The predicted molar refractivity (Wildman–Crippen MR) is 120 cm³/mol. The summed E-state index contributed by atoms with van der Waals surface area (Å²) in [5.41, 5.74) is 0.874. The standard InChI is InChI=1S/C23H25BrN2O3/c24-19-7-5-18-14-21(8-6-17(18)13-19)29-16-20(27)15-25-9-11-26(12-10-25)22-3-1-2-4-23(22)28/h1-8,13-14,20,27-28H,9-12,15-16H2. The van der Waals surface area contributed by atoms with Crippen molar-refractivity contribution in [2.45, 2.75) is 6.10 Å². The fourth-order valence-electron chi connectivity index (χ4n) is 3.73. The van der Waals surface area contributed by atoms with Gasteiger partial charge in [0.15, 0.2) is 0 Å². The molecule has 1 saturated heterocycles. The average Bonchev–Trinajstić information content (AvgIpc) is 2.73. The number of rotatable bonds is 6. The summed E-state index contributed by atoms with van der Waals surface area (Å²) in [5, 5.41) is 22.7. The Bertz CT molecular complexity index is 973. The van der Waals surface area contributed by atoms with E-state index in [2.05, 4.69) is 31.8 Å². The summed E-state index contributed by atoms with van der Waals surface area (Å²) < 4.78 is 6.87. The number of phenols is 1. The van der Waals surface area contributed by atoms with E-state index in [0.29, 0.717) is 12.3 Å². The first-order valence-electron chi connectivity index (χ1n) is 9.84. The number of hydrogen-bond donors (Lipinski definition) is 2. The fourth-order valence-corrected chi connectivity index (χ4v) is 4.11. The van der Waals surface area contributed by atoms with Gasteiger partial charge >= 0.3 is 0 Å². The van der Waals surface area contributed by atoms with Gasteiger partial charge in [-0.15, -0.1) is 0 Å². The molecule has 2 N–H and O–H groups in total. The number of nitrogens with zero attached hydrogens (tertiary/aromatic N) is 2. The van der Waals surface area contributed by atoms with Crippen molar-refractivity contribution in [3.05, 3.63) is 65.1 Å². The zero-order valence-electron chi connectivity index (χ0n) is 16.2. The normalized spacial score (nSPS) is 16.1. The van der Waals surface area contributed by atoms with Crippen molar-refractivity contribution in [1.82, 2.24) is 4.90 Å². The SMILES string of the molecule is Oc1ccccc1N1CCN(CC(O)COc2ccc3cc(Br)ccc3c2)CC1. The number of β-amino-alcohol motifs (C(OH)–C–C–N with tert-alkyl or cyclic N) is 1. The highest BCUT2D eigenvalue weighted by Crippen LogP contribution is 2.27. The van der Waals surface area contributed by atoms with Crippen molar-refractivity contribution in [3.63, 3.8) is 0 Å². The van der Waals surface area contributed by atoms with Crippen LogP contribution in [0.2, 0.25) is 0 Å². The first-order chi connectivity index (χ1) is 14.1. The topological polar surface area (TPSA) is 56.2 Å². The fraction of sp³-hybridized carbons (Fsp3) is 0.304. The summed E-state index contributed by atoms with van der Waals surface area (Å²) in [6.07, 6.45) is -0.549. The predicted octanol–water partition coefficient (Wildman–Crippen LogP) is 3.87. The Hall–Kier alpha value is -2.28. The number of phenolic OH excluding ortho intramolecular Hbond substituents is 1. The van der Waals surface area contributed by atoms with Gasteiger partial charge in [0.2, 0.25) is 0 Å². The number of hydrogen-bond acceptors (Lipinski definition) is 5. The summed E-state index contributed by atoms with van der Waals surface area (Å²) in [6, 6.07) is 19.5. The summed E-state index contributed by atoms with van der Waals surface area (Å²) in [6.45, 7) is 4.18. The maximum absolute atomic E-state index is 10.4. The lowest BCUT2D eigenvalue weighted by Gasteiger charge is -2.37. The average molecular weight is 457 g/mol. The third-order valence-corrected chi connectivity index (χ3v) is 5.77. The quantitative estimate of drug-likeness (QED) is 0.589. The molecule has 1 heterocycles. The van der Waals surface area contributed by atoms with Gasteiger partial charge in [0.25, 0.3) is 0 Å². The van der Waals surface area contributed by atoms with Gasteiger partial charge in [-0.1, -0.05) is 40.2 Å². The van der Waals surface area contributed by atoms with Crippen LogP contribution in [0, 0.1) is 0 Å². The number of para-hydroxylation sites is 2. The molecule has 1 aliphatic heterocycles. The number of fused-ring (bicyclic) bond motifs is 1. The highest BCUT2D eigenvalue weighted by molar-refractivity contribution is 9.10. The molecule has 4 rings (SSSR count). The van der Waals surface area contributed by atoms with Crippen LogP contribution < -0.4 is 9.64 Å². The van der Waals surface area contributed by atoms with Crippen molar-refractivity contribution in [3.8, 4) is 11.5 Å². The van der Waals surface area contributed by atoms with Gasteiger partial charge < -0.3 is 19.8 Å². The lowest BCUT2D eigenvalue weighted by molar-refractivity contribution is 0.0663. The Labute approximate surface area is 179 Å². The van der Waals surface area contributed by atoms with Crippen molar-refractivity contribution < 1.29 is 14.9 Å². The molecule has 0 saturated carbocycles. The van der Waals surface area contributed by atoms with Crippen molar-refractivity contribution in [1.29, 1.82) is 0 Å². The monoisotopic (exact) mass is 456 g/mol. The van der Waals surface area contributed by atoms with Crippen LogP contribution in [0.3, 0.4) is 0 Å². The molecule has 0 aromatic heterocycles. The van der Waals surface area contributed by atoms with Crippen LogP contribution in [0.25, 0.3) is 10.8 Å². The van der Waals surface area contributed by atoms with E-state index < -0.39 is 6.10 Å². The van der Waals surface area contributed by atoms with E-state index in [1.807, 2.05) is 48.5 Å². The Balaban J connectivity index is 1.26. The summed E-state index contributed by atoms with van der Waals surface area (Å²) in [4.78, 5) is 4.42. The smallest absolute Gasteiger partial charge is 0.138 e. The van der Waals surface area contributed by atoms with Crippen LogP contribution in [-0.4, -0.2) is 60.5 Å². The van der Waals surface area contributed by atoms with Crippen LogP contribution in [0.5, 0.6) is 11.5 Å². The lowest BCUT2D eigenvalue weighted by Crippen LogP contribution is -2.49. The van der Waals surface area contributed by atoms with Gasteiger partial charge in [0.1, 0.15) is 24.2 Å². The molecule has 29 heavy (non-hydrogen) atoms. The molecule has 6 heteroatoms. The van der Waals surface area contributed by atoms with Crippen LogP contribution >= 0.6 is 15.9 Å². The second-order valence-electron chi connectivity index (χ2n) is 7.39. The number of benzene rings is 3. The van der Waals surface area contributed by atoms with E-state index in [9.17, 15) is 10.2 Å². The maximum Gasteiger partial charge on any atom is 0.138 e. The molecule has 3 aromatic rings. The molecule has 0 amide bonds. The molecule has 0 spiro atoms. The van der Waals surface area contributed by atoms with E-state index in [-0.39, 0.29) is 6.61 Å². The highest BCUT2D eigenvalue weighted by atomic mass is 79.9. The Morgan fingerprint density at radius 1 is 0.931 bits per heavy atom. The number of aromatic hydroxyl groups is 1. The molecule has 1 atom stereocenters. The maximum atomic E-state index is 10.4. The molecular weight excluding hydrogens is 432 g/mol. The minimum absolute atomic E-state index is 0.266. The number of anilines is 1. The number of aliphatic hydroxyl groups is 1. The van der Waals surface area contributed by atoms with Gasteiger partial charge in [-0.2, -0.15) is 0 Å². The Morgan fingerprint density at radius 3 is 2.45 bits per heavy atom. The van der Waals surface area contributed by atoms with Gasteiger partial charge in [-0.05, 0) is 47.2 Å². The molecule has 0 radical (unpaired) electrons. The van der Waals surface area contributed by atoms with Gasteiger partial charge in [-0.25, -0.2) is 0 Å². The molecule has 0 bridgehead atoms. The third-order valence-electron chi connectivity index (χ3n) is 5.28. The highest BCUT2D eigenvalue weighted by Gasteiger charge is 2.21. The van der Waals surface area contributed by atoms with Gasteiger partial charge in [0.05, 0.1) is 5.69 Å². The van der Waals surface area contributed by atoms with Gasteiger partial charge in [-0.3, -0.25) is 4.90 Å². The van der Waals surface area contributed by atoms with Crippen LogP contribution in [-0.2, 0) is 0 Å².